The van der Waals surface area contributed by atoms with Gasteiger partial charge in [0.15, 0.2) is 5.17 Å². The van der Waals surface area contributed by atoms with Gasteiger partial charge in [-0.25, -0.2) is 4.79 Å². The Hall–Kier alpha value is -0.990. The summed E-state index contributed by atoms with van der Waals surface area (Å²) in [5, 5.41) is 16.8. The molecule has 0 aromatic heterocycles. The number of thioether (sulfide) groups is 1. The van der Waals surface area contributed by atoms with Crippen molar-refractivity contribution in [2.24, 2.45) is 10.9 Å². The van der Waals surface area contributed by atoms with E-state index in [-0.39, 0.29) is 24.0 Å². The van der Waals surface area contributed by atoms with Gasteiger partial charge in [0.2, 0.25) is 0 Å². The number of aliphatic imine (C=N–C) groups is 1. The topological polar surface area (TPSA) is 92.2 Å². The maximum absolute atomic E-state index is 11.3. The first-order valence-electron chi connectivity index (χ1n) is 6.71. The third-order valence-corrected chi connectivity index (χ3v) is 4.67. The molecule has 2 aliphatic rings. The van der Waals surface area contributed by atoms with Crippen LogP contribution >= 0.6 is 11.8 Å². The molecule has 0 saturated carbocycles. The molecule has 2 saturated heterocycles. The number of fused-ring (bicyclic) bond motifs is 1. The lowest BCUT2D eigenvalue weighted by Crippen LogP contribution is -2.55. The van der Waals surface area contributed by atoms with Crippen molar-refractivity contribution >= 4 is 23.0 Å². The molecule has 0 spiro atoms. The van der Waals surface area contributed by atoms with Crippen LogP contribution in [-0.2, 0) is 9.47 Å². The molecule has 0 bridgehead atoms. The van der Waals surface area contributed by atoms with Crippen LogP contribution in [0.4, 0.5) is 4.79 Å². The number of carbonyl (C=O) groups is 1. The van der Waals surface area contributed by atoms with E-state index < -0.39 is 18.3 Å². The highest BCUT2D eigenvalue weighted by molar-refractivity contribution is 8.14. The van der Waals surface area contributed by atoms with Gasteiger partial charge < -0.3 is 25.2 Å². The lowest BCUT2D eigenvalue weighted by atomic mass is 9.90. The number of amides is 1. The van der Waals surface area contributed by atoms with Gasteiger partial charge >= 0.3 is 6.09 Å². The predicted molar refractivity (Wildman–Crippen MR) is 76.7 cm³/mol. The molecular formula is C12H21N3O4S. The van der Waals surface area contributed by atoms with Crippen molar-refractivity contribution < 1.29 is 19.4 Å². The molecule has 7 nitrogen and oxygen atoms in total. The second-order valence-electron chi connectivity index (χ2n) is 4.84. The van der Waals surface area contributed by atoms with Crippen molar-refractivity contribution in [3.05, 3.63) is 0 Å². The Balaban J connectivity index is 1.93. The number of aliphatic hydroxyl groups is 1. The molecule has 0 aromatic rings. The van der Waals surface area contributed by atoms with Gasteiger partial charge in [0.25, 0.3) is 0 Å². The van der Waals surface area contributed by atoms with Crippen molar-refractivity contribution in [1.29, 1.82) is 0 Å². The molecule has 8 heteroatoms. The molecule has 5 atom stereocenters. The molecule has 2 heterocycles. The fraction of sp³-hybridized carbons (Fsp3) is 0.833. The number of amidine groups is 1. The van der Waals surface area contributed by atoms with E-state index in [0.717, 1.165) is 5.17 Å². The van der Waals surface area contributed by atoms with Crippen LogP contribution in [0, 0.1) is 5.92 Å². The minimum Gasteiger partial charge on any atom is -0.447 e. The number of hydrogen-bond donors (Lipinski definition) is 3. The third-order valence-electron chi connectivity index (χ3n) is 3.51. The van der Waals surface area contributed by atoms with E-state index in [1.165, 1.54) is 11.8 Å². The molecule has 2 aliphatic heterocycles. The summed E-state index contributed by atoms with van der Waals surface area (Å²) in [6, 6.07) is 0.0226. The van der Waals surface area contributed by atoms with Gasteiger partial charge in [-0.1, -0.05) is 18.7 Å². The van der Waals surface area contributed by atoms with E-state index in [9.17, 15) is 9.90 Å². The maximum atomic E-state index is 11.3. The lowest BCUT2D eigenvalue weighted by Gasteiger charge is -2.39. The number of aliphatic hydroxyl groups excluding tert-OH is 1. The quantitative estimate of drug-likeness (QED) is 0.687. The first-order valence-corrected chi connectivity index (χ1v) is 7.59. The van der Waals surface area contributed by atoms with E-state index in [1.54, 1.807) is 7.05 Å². The highest BCUT2D eigenvalue weighted by Crippen LogP contribution is 2.36. The monoisotopic (exact) mass is 303 g/mol. The van der Waals surface area contributed by atoms with Crippen LogP contribution in [-0.4, -0.2) is 60.3 Å². The molecular weight excluding hydrogens is 282 g/mol. The smallest absolute Gasteiger partial charge is 0.407 e. The number of rotatable bonds is 3. The zero-order valence-corrected chi connectivity index (χ0v) is 12.6. The minimum atomic E-state index is -0.685. The average molecular weight is 303 g/mol. The Morgan fingerprint density at radius 1 is 1.65 bits per heavy atom. The van der Waals surface area contributed by atoms with Crippen molar-refractivity contribution in [2.75, 3.05) is 20.2 Å². The molecule has 0 radical (unpaired) electrons. The molecule has 0 aliphatic carbocycles. The number of carbonyl (C=O) groups excluding carboxylic acids is 1. The van der Waals surface area contributed by atoms with Gasteiger partial charge in [-0.3, -0.25) is 4.99 Å². The fourth-order valence-electron chi connectivity index (χ4n) is 2.33. The largest absolute Gasteiger partial charge is 0.447 e. The summed E-state index contributed by atoms with van der Waals surface area (Å²) in [5.74, 6) is -0.0108. The maximum Gasteiger partial charge on any atom is 0.407 e. The summed E-state index contributed by atoms with van der Waals surface area (Å²) in [4.78, 5) is 15.4. The standard InChI is InChI=1S/C12H21N3O4S/c1-4-14-12(17)18-5-7-9(16)6(2)8-10(19-7)20-11(13-3)15-8/h6-10,16H,4-5H2,1-3H3,(H,13,15)(H,14,17)/t6-,7-,8-,9+,10-/m1/s1. The Bertz CT molecular complexity index is 393. The molecule has 114 valence electrons. The van der Waals surface area contributed by atoms with E-state index in [0.29, 0.717) is 6.54 Å². The molecule has 3 N–H and O–H groups in total. The Kier molecular flexibility index (Phi) is 5.11. The normalized spacial score (nSPS) is 38.2. The summed E-state index contributed by atoms with van der Waals surface area (Å²) < 4.78 is 10.9. The van der Waals surface area contributed by atoms with Gasteiger partial charge in [-0.2, -0.15) is 0 Å². The summed E-state index contributed by atoms with van der Waals surface area (Å²) in [5.41, 5.74) is -0.116. The number of hydrogen-bond acceptors (Lipinski definition) is 6. The summed E-state index contributed by atoms with van der Waals surface area (Å²) in [6.07, 6.45) is -1.69. The summed E-state index contributed by atoms with van der Waals surface area (Å²) >= 11 is 1.50. The molecule has 2 fully saturated rings. The Morgan fingerprint density at radius 2 is 2.40 bits per heavy atom. The Labute approximate surface area is 122 Å². The molecule has 0 aromatic carbocycles. The van der Waals surface area contributed by atoms with E-state index >= 15 is 0 Å². The van der Waals surface area contributed by atoms with Gasteiger partial charge in [-0.05, 0) is 6.92 Å². The van der Waals surface area contributed by atoms with Crippen LogP contribution in [0.3, 0.4) is 0 Å². The predicted octanol–water partition coefficient (Wildman–Crippen LogP) is 0.145. The van der Waals surface area contributed by atoms with Crippen molar-refractivity contribution in [2.45, 2.75) is 37.5 Å². The van der Waals surface area contributed by atoms with Crippen molar-refractivity contribution in [3.8, 4) is 0 Å². The fourth-order valence-corrected chi connectivity index (χ4v) is 3.52. The molecule has 1 amide bonds. The van der Waals surface area contributed by atoms with Crippen LogP contribution in [0.25, 0.3) is 0 Å². The minimum absolute atomic E-state index is 0.0108. The zero-order chi connectivity index (χ0) is 14.7. The number of ether oxygens (including phenoxy) is 2. The van der Waals surface area contributed by atoms with Crippen LogP contribution in [0.15, 0.2) is 4.99 Å². The van der Waals surface area contributed by atoms with E-state index in [4.69, 9.17) is 9.47 Å². The van der Waals surface area contributed by atoms with E-state index in [2.05, 4.69) is 15.6 Å². The summed E-state index contributed by atoms with van der Waals surface area (Å²) in [6.45, 7) is 4.31. The van der Waals surface area contributed by atoms with Gasteiger partial charge in [-0.15, -0.1) is 0 Å². The second-order valence-corrected chi connectivity index (χ2v) is 5.93. The van der Waals surface area contributed by atoms with Crippen LogP contribution in [0.5, 0.6) is 0 Å². The summed E-state index contributed by atoms with van der Waals surface area (Å²) in [7, 11) is 1.71. The lowest BCUT2D eigenvalue weighted by molar-refractivity contribution is -0.139. The van der Waals surface area contributed by atoms with E-state index in [1.807, 2.05) is 13.8 Å². The Morgan fingerprint density at radius 3 is 3.05 bits per heavy atom. The number of nitrogens with zero attached hydrogens (tertiary/aromatic N) is 1. The third kappa shape index (κ3) is 3.18. The van der Waals surface area contributed by atoms with Crippen molar-refractivity contribution in [3.63, 3.8) is 0 Å². The second kappa shape index (κ2) is 6.64. The molecule has 2 rings (SSSR count). The number of alkyl carbamates (subject to hydrolysis) is 1. The highest BCUT2D eigenvalue weighted by atomic mass is 32.2. The SMILES string of the molecule is CCNC(=O)OC[C@H]1O[C@@H]2SC(=NC)N[C@@H]2[C@@H](C)[C@@H]1O. The first-order chi connectivity index (χ1) is 9.56. The van der Waals surface area contributed by atoms with Gasteiger partial charge in [0.05, 0.1) is 12.1 Å². The van der Waals surface area contributed by atoms with Gasteiger partial charge in [0.1, 0.15) is 18.1 Å². The number of nitrogens with one attached hydrogen (secondary N) is 2. The van der Waals surface area contributed by atoms with Crippen molar-refractivity contribution in [1.82, 2.24) is 10.6 Å². The first kappa shape index (κ1) is 15.4. The average Bonchev–Trinajstić information content (AvgIpc) is 2.85. The molecule has 0 unspecified atom stereocenters. The van der Waals surface area contributed by atoms with Gasteiger partial charge in [0, 0.05) is 19.5 Å². The van der Waals surface area contributed by atoms with Crippen LogP contribution in [0.1, 0.15) is 13.8 Å². The van der Waals surface area contributed by atoms with Crippen LogP contribution < -0.4 is 10.6 Å². The zero-order valence-electron chi connectivity index (χ0n) is 11.8. The molecule has 20 heavy (non-hydrogen) atoms. The highest BCUT2D eigenvalue weighted by Gasteiger charge is 2.47. The van der Waals surface area contributed by atoms with Crippen LogP contribution in [0.2, 0.25) is 0 Å².